The first-order valence-corrected chi connectivity index (χ1v) is 9.62. The highest BCUT2D eigenvalue weighted by Crippen LogP contribution is 2.40. The first-order chi connectivity index (χ1) is 12.8. The summed E-state index contributed by atoms with van der Waals surface area (Å²) in [6.07, 6.45) is 0.372. The molecular formula is C25H32O3. The largest absolute Gasteiger partial charge is 0.507 e. The number of carbonyl (C=O) groups excluding carboxylic acids is 1. The summed E-state index contributed by atoms with van der Waals surface area (Å²) in [6, 6.07) is 11.3. The van der Waals surface area contributed by atoms with Gasteiger partial charge in [-0.3, -0.25) is 0 Å². The Morgan fingerprint density at radius 1 is 0.964 bits per heavy atom. The van der Waals surface area contributed by atoms with Crippen LogP contribution >= 0.6 is 0 Å². The highest BCUT2D eigenvalue weighted by Gasteiger charge is 2.27. The second kappa shape index (κ2) is 7.83. The molecule has 0 radical (unpaired) electrons. The number of phenols is 1. The molecule has 0 saturated carbocycles. The number of phenolic OH excluding ortho intramolecular Hbond substituents is 1. The Balaban J connectivity index is 2.30. The van der Waals surface area contributed by atoms with Crippen molar-refractivity contribution in [3.63, 3.8) is 0 Å². The maximum atomic E-state index is 12.5. The van der Waals surface area contributed by atoms with Gasteiger partial charge in [-0.2, -0.15) is 0 Å². The molecule has 0 saturated heterocycles. The van der Waals surface area contributed by atoms with Crippen LogP contribution in [0.3, 0.4) is 0 Å². The zero-order valence-electron chi connectivity index (χ0n) is 18.1. The Labute approximate surface area is 169 Å². The fourth-order valence-electron chi connectivity index (χ4n) is 3.04. The molecule has 28 heavy (non-hydrogen) atoms. The summed E-state index contributed by atoms with van der Waals surface area (Å²) in [5.74, 6) is 0.399. The summed E-state index contributed by atoms with van der Waals surface area (Å²) in [5, 5.41) is 10.8. The lowest BCUT2D eigenvalue weighted by Gasteiger charge is -2.28. The van der Waals surface area contributed by atoms with Crippen molar-refractivity contribution in [2.24, 2.45) is 0 Å². The number of rotatable bonds is 4. The minimum atomic E-state index is -0.438. The van der Waals surface area contributed by atoms with Gasteiger partial charge in [0.05, 0.1) is 0 Å². The molecule has 0 aromatic heterocycles. The van der Waals surface area contributed by atoms with E-state index in [1.807, 2.05) is 31.2 Å². The van der Waals surface area contributed by atoms with Crippen LogP contribution in [0.5, 0.6) is 11.5 Å². The summed E-state index contributed by atoms with van der Waals surface area (Å²) in [7, 11) is 0. The number of hydrogen-bond donors (Lipinski definition) is 1. The SMILES string of the molecule is C=C(Cc1cc(C(C)(C)C)c(O)c(C(C)(C)C)c1)C(=O)Oc1ccc(C)cc1. The van der Waals surface area contributed by atoms with Crippen LogP contribution in [0.4, 0.5) is 0 Å². The van der Waals surface area contributed by atoms with Gasteiger partial charge >= 0.3 is 5.97 Å². The number of aromatic hydroxyl groups is 1. The van der Waals surface area contributed by atoms with Crippen molar-refractivity contribution >= 4 is 5.97 Å². The fraction of sp³-hybridized carbons (Fsp3) is 0.400. The van der Waals surface area contributed by atoms with Gasteiger partial charge in [0.2, 0.25) is 0 Å². The minimum absolute atomic E-state index is 0.218. The number of carbonyl (C=O) groups is 1. The van der Waals surface area contributed by atoms with Gasteiger partial charge in [0.1, 0.15) is 11.5 Å². The molecule has 0 atom stereocenters. The zero-order valence-corrected chi connectivity index (χ0v) is 18.1. The van der Waals surface area contributed by atoms with Crippen molar-refractivity contribution in [1.29, 1.82) is 0 Å². The standard InChI is InChI=1S/C25H32O3/c1-16-9-11-19(12-10-16)28-23(27)17(2)13-18-14-20(24(3,4)5)22(26)21(15-18)25(6,7)8/h9-12,14-15,26H,2,13H2,1,3-8H3. The lowest BCUT2D eigenvalue weighted by Crippen LogP contribution is -2.18. The number of esters is 1. The van der Waals surface area contributed by atoms with Crippen LogP contribution in [-0.4, -0.2) is 11.1 Å². The van der Waals surface area contributed by atoms with Crippen LogP contribution in [0.15, 0.2) is 48.6 Å². The quantitative estimate of drug-likeness (QED) is 0.402. The number of ether oxygens (including phenoxy) is 1. The number of hydrogen-bond acceptors (Lipinski definition) is 3. The Morgan fingerprint density at radius 2 is 1.43 bits per heavy atom. The predicted octanol–water partition coefficient (Wildman–Crippen LogP) is 6.00. The Hall–Kier alpha value is -2.55. The molecule has 0 aliphatic carbocycles. The average Bonchev–Trinajstić information content (AvgIpc) is 2.56. The normalized spacial score (nSPS) is 12.0. The van der Waals surface area contributed by atoms with E-state index in [0.29, 0.717) is 23.5 Å². The average molecular weight is 381 g/mol. The van der Waals surface area contributed by atoms with Gasteiger partial charge in [-0.25, -0.2) is 4.79 Å². The second-order valence-electron chi connectivity index (χ2n) is 9.52. The van der Waals surface area contributed by atoms with Crippen molar-refractivity contribution in [3.05, 3.63) is 70.8 Å². The third-order valence-electron chi connectivity index (χ3n) is 4.72. The lowest BCUT2D eigenvalue weighted by atomic mass is 9.78. The van der Waals surface area contributed by atoms with Gasteiger partial charge in [0.25, 0.3) is 0 Å². The van der Waals surface area contributed by atoms with Gasteiger partial charge in [-0.15, -0.1) is 0 Å². The molecular weight excluding hydrogens is 348 g/mol. The molecule has 2 rings (SSSR count). The molecule has 2 aromatic carbocycles. The van der Waals surface area contributed by atoms with Gasteiger partial charge in [0, 0.05) is 12.0 Å². The monoisotopic (exact) mass is 380 g/mol. The van der Waals surface area contributed by atoms with Crippen molar-refractivity contribution in [2.75, 3.05) is 0 Å². The topological polar surface area (TPSA) is 46.5 Å². The van der Waals surface area contributed by atoms with E-state index >= 15 is 0 Å². The van der Waals surface area contributed by atoms with Crippen molar-refractivity contribution in [2.45, 2.75) is 65.7 Å². The van der Waals surface area contributed by atoms with Crippen molar-refractivity contribution in [3.8, 4) is 11.5 Å². The lowest BCUT2D eigenvalue weighted by molar-refractivity contribution is -0.130. The van der Waals surface area contributed by atoms with E-state index in [4.69, 9.17) is 4.74 Å². The Bertz CT molecular complexity index is 840. The molecule has 0 amide bonds. The van der Waals surface area contributed by atoms with Gasteiger partial charge < -0.3 is 9.84 Å². The van der Waals surface area contributed by atoms with E-state index in [1.54, 1.807) is 12.1 Å². The number of benzene rings is 2. The molecule has 0 aliphatic heterocycles. The van der Waals surface area contributed by atoms with E-state index in [0.717, 1.165) is 22.3 Å². The first-order valence-electron chi connectivity index (χ1n) is 9.62. The fourth-order valence-corrected chi connectivity index (χ4v) is 3.04. The molecule has 0 aliphatic rings. The molecule has 3 heteroatoms. The third-order valence-corrected chi connectivity index (χ3v) is 4.72. The Kier molecular flexibility index (Phi) is 6.08. The highest BCUT2D eigenvalue weighted by atomic mass is 16.5. The molecule has 2 aromatic rings. The zero-order chi connectivity index (χ0) is 21.3. The van der Waals surface area contributed by atoms with Crippen molar-refractivity contribution < 1.29 is 14.6 Å². The molecule has 0 bridgehead atoms. The van der Waals surface area contributed by atoms with Crippen LogP contribution in [0.1, 0.15) is 63.8 Å². The van der Waals surface area contributed by atoms with E-state index in [1.165, 1.54) is 0 Å². The maximum absolute atomic E-state index is 12.5. The summed E-state index contributed by atoms with van der Waals surface area (Å²) in [6.45, 7) is 18.3. The molecule has 150 valence electrons. The van der Waals surface area contributed by atoms with Crippen LogP contribution in [0, 0.1) is 6.92 Å². The highest BCUT2D eigenvalue weighted by molar-refractivity contribution is 5.90. The maximum Gasteiger partial charge on any atom is 0.339 e. The van der Waals surface area contributed by atoms with Crippen LogP contribution < -0.4 is 4.74 Å². The Morgan fingerprint density at radius 3 is 1.86 bits per heavy atom. The van der Waals surface area contributed by atoms with E-state index in [-0.39, 0.29) is 10.8 Å². The summed E-state index contributed by atoms with van der Waals surface area (Å²) in [5.41, 5.74) is 3.73. The minimum Gasteiger partial charge on any atom is -0.507 e. The van der Waals surface area contributed by atoms with Crippen LogP contribution in [0.25, 0.3) is 0 Å². The van der Waals surface area contributed by atoms with Crippen LogP contribution in [-0.2, 0) is 22.0 Å². The third kappa shape index (κ3) is 5.25. The summed E-state index contributed by atoms with van der Waals surface area (Å²) >= 11 is 0. The summed E-state index contributed by atoms with van der Waals surface area (Å²) in [4.78, 5) is 12.5. The first kappa shape index (κ1) is 21.7. The second-order valence-corrected chi connectivity index (χ2v) is 9.52. The smallest absolute Gasteiger partial charge is 0.339 e. The van der Waals surface area contributed by atoms with Crippen molar-refractivity contribution in [1.82, 2.24) is 0 Å². The van der Waals surface area contributed by atoms with Gasteiger partial charge in [-0.1, -0.05) is 78.0 Å². The van der Waals surface area contributed by atoms with E-state index in [9.17, 15) is 9.90 Å². The molecule has 0 unspecified atom stereocenters. The number of aryl methyl sites for hydroxylation is 1. The predicted molar refractivity (Wildman–Crippen MR) is 115 cm³/mol. The summed E-state index contributed by atoms with van der Waals surface area (Å²) < 4.78 is 5.43. The molecule has 0 spiro atoms. The van der Waals surface area contributed by atoms with Crippen LogP contribution in [0.2, 0.25) is 0 Å². The van der Waals surface area contributed by atoms with Gasteiger partial charge in [-0.05, 0) is 46.6 Å². The molecule has 0 heterocycles. The molecule has 1 N–H and O–H groups in total. The van der Waals surface area contributed by atoms with E-state index < -0.39 is 5.97 Å². The van der Waals surface area contributed by atoms with Gasteiger partial charge in [0.15, 0.2) is 0 Å². The van der Waals surface area contributed by atoms with E-state index in [2.05, 4.69) is 48.1 Å². The molecule has 3 nitrogen and oxygen atoms in total. The molecule has 0 fully saturated rings.